The van der Waals surface area contributed by atoms with Crippen LogP contribution in [0.2, 0.25) is 0 Å². The number of aromatic nitrogens is 2. The molecule has 0 aliphatic carbocycles. The predicted molar refractivity (Wildman–Crippen MR) is 246 cm³/mol. The number of rotatable bonds is 8. The summed E-state index contributed by atoms with van der Waals surface area (Å²) in [7, 11) is 0. The van der Waals surface area contributed by atoms with Crippen LogP contribution < -0.4 is 14.5 Å². The maximum atomic E-state index is 8.47. The Morgan fingerprint density at radius 1 is 0.700 bits per heavy atom. The number of anilines is 4. The van der Waals surface area contributed by atoms with Crippen LogP contribution in [0.25, 0.3) is 38.8 Å². The molecule has 2 aromatic heterocycles. The van der Waals surface area contributed by atoms with Crippen molar-refractivity contribution >= 4 is 44.6 Å². The largest absolute Gasteiger partial charge is 0.509 e. The summed E-state index contributed by atoms with van der Waals surface area (Å²) >= 11 is 0. The summed E-state index contributed by atoms with van der Waals surface area (Å²) in [5.74, 6) is 2.42. The van der Waals surface area contributed by atoms with Gasteiger partial charge in [0, 0.05) is 65.5 Å². The smallest absolute Gasteiger partial charge is 0.135 e. The van der Waals surface area contributed by atoms with Crippen LogP contribution in [-0.4, -0.2) is 9.55 Å². The number of pyridine rings is 1. The van der Waals surface area contributed by atoms with E-state index in [0.29, 0.717) is 22.7 Å². The topological polar surface area (TPSA) is 33.5 Å². The quantitative estimate of drug-likeness (QED) is 0.142. The summed E-state index contributed by atoms with van der Waals surface area (Å²) < 4.78 is 34.5. The van der Waals surface area contributed by atoms with Gasteiger partial charge in [0.1, 0.15) is 5.82 Å². The molecule has 6 aromatic carbocycles. The van der Waals surface area contributed by atoms with Crippen molar-refractivity contribution in [1.29, 1.82) is 0 Å². The Kier molecular flexibility index (Phi) is 10.0. The maximum absolute atomic E-state index is 8.47. The molecule has 0 saturated heterocycles. The van der Waals surface area contributed by atoms with Crippen LogP contribution in [0.4, 0.5) is 22.7 Å². The van der Waals surface area contributed by atoms with Crippen LogP contribution in [-0.2, 0) is 26.5 Å². The van der Waals surface area contributed by atoms with Gasteiger partial charge in [-0.1, -0.05) is 121 Å². The second kappa shape index (κ2) is 16.1. The molecule has 5 nitrogen and oxygen atoms in total. The van der Waals surface area contributed by atoms with Crippen LogP contribution in [0, 0.1) is 32.6 Å². The number of hydrogen-bond acceptors (Lipinski definition) is 4. The number of benzene rings is 6. The van der Waals surface area contributed by atoms with Gasteiger partial charge in [0.15, 0.2) is 0 Å². The number of para-hydroxylation sites is 4. The fraction of sp³-hybridized carbons (Fsp3) is 0.222. The maximum Gasteiger partial charge on any atom is 0.135 e. The molecular formula is C54H51N4OPt-3. The first kappa shape index (κ1) is 37.4. The van der Waals surface area contributed by atoms with Crippen molar-refractivity contribution in [3.05, 3.63) is 174 Å². The average Bonchev–Trinajstić information content (AvgIpc) is 3.78. The molecule has 0 fully saturated rings. The Morgan fingerprint density at radius 2 is 1.38 bits per heavy atom. The molecule has 8 aromatic rings. The van der Waals surface area contributed by atoms with Crippen LogP contribution in [0.15, 0.2) is 128 Å². The molecule has 9 rings (SSSR count). The summed E-state index contributed by atoms with van der Waals surface area (Å²) in [4.78, 5) is 8.97. The van der Waals surface area contributed by atoms with Crippen molar-refractivity contribution in [1.82, 2.24) is 9.55 Å². The van der Waals surface area contributed by atoms with Gasteiger partial charge in [0.25, 0.3) is 0 Å². The average molecular weight is 970 g/mol. The van der Waals surface area contributed by atoms with E-state index in [4.69, 9.17) is 13.8 Å². The molecule has 60 heavy (non-hydrogen) atoms. The van der Waals surface area contributed by atoms with Gasteiger partial charge in [-0.3, -0.25) is 0 Å². The van der Waals surface area contributed by atoms with Gasteiger partial charge in [-0.15, -0.1) is 53.6 Å². The van der Waals surface area contributed by atoms with E-state index in [1.807, 2.05) is 61.1 Å². The first-order chi connectivity index (χ1) is 29.6. The first-order valence-corrected chi connectivity index (χ1v) is 20.5. The van der Waals surface area contributed by atoms with Gasteiger partial charge in [0.2, 0.25) is 0 Å². The van der Waals surface area contributed by atoms with Gasteiger partial charge in [-0.2, -0.15) is 6.07 Å². The minimum atomic E-state index is -2.31. The van der Waals surface area contributed by atoms with Crippen LogP contribution in [0.3, 0.4) is 0 Å². The molecule has 0 bridgehead atoms. The van der Waals surface area contributed by atoms with E-state index in [1.54, 1.807) is 6.07 Å². The normalized spacial score (nSPS) is 13.7. The van der Waals surface area contributed by atoms with E-state index in [9.17, 15) is 0 Å². The summed E-state index contributed by atoms with van der Waals surface area (Å²) in [6.07, 6.45) is 1.89. The van der Waals surface area contributed by atoms with E-state index >= 15 is 0 Å². The zero-order valence-electron chi connectivity index (χ0n) is 38.4. The predicted octanol–water partition coefficient (Wildman–Crippen LogP) is 14.8. The Bertz CT molecular complexity index is 2970. The van der Waals surface area contributed by atoms with Crippen molar-refractivity contribution in [2.24, 2.45) is 0 Å². The Morgan fingerprint density at radius 3 is 2.10 bits per heavy atom. The molecule has 0 radical (unpaired) electrons. The Hall–Kier alpha value is -5.64. The van der Waals surface area contributed by atoms with Gasteiger partial charge >= 0.3 is 0 Å². The third kappa shape index (κ3) is 7.32. The molecule has 1 aliphatic heterocycles. The molecule has 0 N–H and O–H groups in total. The zero-order chi connectivity index (χ0) is 43.7. The second-order valence-electron chi connectivity index (χ2n) is 17.2. The molecular weight excluding hydrogens is 916 g/mol. The van der Waals surface area contributed by atoms with Crippen molar-refractivity contribution in [2.75, 3.05) is 9.80 Å². The van der Waals surface area contributed by atoms with E-state index in [2.05, 4.69) is 149 Å². The molecule has 6 heteroatoms. The SMILES string of the molecule is [2H]C([2H])([2H])c1cccc(C)c1N1[CH-]N(c2[c-]c(Oc3[c-]c4c(cc3)c3ccccc3n4-c3cc(C(C)(C)C)ccn3)cc(-c3c(C(C)C)cccc3C(C)C)c2)c2ccccc21.[Pt]. The third-order valence-corrected chi connectivity index (χ3v) is 11.5. The van der Waals surface area contributed by atoms with Crippen molar-refractivity contribution < 1.29 is 29.9 Å². The van der Waals surface area contributed by atoms with Crippen LogP contribution >= 0.6 is 0 Å². The molecule has 0 spiro atoms. The Balaban J connectivity index is 0.00000544. The zero-order valence-corrected chi connectivity index (χ0v) is 37.6. The second-order valence-corrected chi connectivity index (χ2v) is 17.2. The fourth-order valence-electron chi connectivity index (χ4n) is 8.50. The molecule has 0 unspecified atom stereocenters. The van der Waals surface area contributed by atoms with Crippen LogP contribution in [0.5, 0.6) is 11.5 Å². The van der Waals surface area contributed by atoms with Crippen molar-refractivity contribution in [3.63, 3.8) is 0 Å². The number of ether oxygens (including phenoxy) is 1. The van der Waals surface area contributed by atoms with Gasteiger partial charge in [-0.25, -0.2) is 4.98 Å². The summed E-state index contributed by atoms with van der Waals surface area (Å²) in [6.45, 7) is 17.2. The number of nitrogens with zero attached hydrogens (tertiary/aromatic N) is 4. The minimum Gasteiger partial charge on any atom is -0.509 e. The summed E-state index contributed by atoms with van der Waals surface area (Å²) in [5.41, 5.74) is 12.0. The number of fused-ring (bicyclic) bond motifs is 4. The molecule has 3 heterocycles. The summed E-state index contributed by atoms with van der Waals surface area (Å²) in [5, 5.41) is 2.16. The van der Waals surface area contributed by atoms with Gasteiger partial charge in [-0.05, 0) is 100 Å². The monoisotopic (exact) mass is 969 g/mol. The van der Waals surface area contributed by atoms with E-state index in [-0.39, 0.29) is 38.3 Å². The minimum absolute atomic E-state index is 0. The van der Waals surface area contributed by atoms with Gasteiger partial charge in [0.05, 0.1) is 0 Å². The fourth-order valence-corrected chi connectivity index (χ4v) is 8.50. The third-order valence-electron chi connectivity index (χ3n) is 11.5. The molecule has 0 saturated carbocycles. The van der Waals surface area contributed by atoms with Crippen LogP contribution in [0.1, 0.15) is 92.2 Å². The molecule has 306 valence electrons. The van der Waals surface area contributed by atoms with Gasteiger partial charge < -0.3 is 19.1 Å². The van der Waals surface area contributed by atoms with E-state index < -0.39 is 6.85 Å². The van der Waals surface area contributed by atoms with Crippen molar-refractivity contribution in [2.45, 2.75) is 79.5 Å². The molecule has 0 atom stereocenters. The standard InChI is InChI=1S/C54H51N4O.Pt/c1-34(2)43-19-15-20-44(35(3)4)52(43)38-28-40(56-33-57(49-23-13-12-22-48(49)56)53-36(5)16-14-17-37(53)6)31-42(29-38)59-41-24-25-46-45-18-10-11-21-47(45)58(50(46)32-41)51-30-39(26-27-55-51)54(7,8)9;/h10-30,33-35H,1-9H3;/q-3;/i5D3;. The number of aryl methyl sites for hydroxylation is 2. The molecule has 1 aliphatic rings. The molecule has 0 amide bonds. The number of hydrogen-bond donors (Lipinski definition) is 0. The first-order valence-electron chi connectivity index (χ1n) is 22.0. The summed E-state index contributed by atoms with van der Waals surface area (Å²) in [6, 6.07) is 48.5. The van der Waals surface area contributed by atoms with E-state index in [0.717, 1.165) is 55.8 Å². The van der Waals surface area contributed by atoms with Crippen molar-refractivity contribution in [3.8, 4) is 28.4 Å². The van der Waals surface area contributed by atoms with E-state index in [1.165, 1.54) is 22.3 Å². The Labute approximate surface area is 374 Å².